The van der Waals surface area contributed by atoms with Gasteiger partial charge in [-0.3, -0.25) is 10.1 Å². The summed E-state index contributed by atoms with van der Waals surface area (Å²) in [6.07, 6.45) is 1.98. The van der Waals surface area contributed by atoms with Crippen LogP contribution in [0.1, 0.15) is 25.3 Å². The minimum Gasteiger partial charge on any atom is -0.316 e. The molecule has 1 heterocycles. The number of nitro groups is 1. The van der Waals surface area contributed by atoms with E-state index >= 15 is 0 Å². The largest absolute Gasteiger partial charge is 0.316 e. The number of hydrogen-bond donors (Lipinski definition) is 2. The van der Waals surface area contributed by atoms with Crippen LogP contribution < -0.4 is 10.0 Å². The van der Waals surface area contributed by atoms with E-state index in [4.69, 9.17) is 0 Å². The van der Waals surface area contributed by atoms with Crippen LogP contribution in [-0.2, 0) is 10.0 Å². The van der Waals surface area contributed by atoms with Crippen molar-refractivity contribution in [3.8, 4) is 0 Å². The Morgan fingerprint density at radius 2 is 2.13 bits per heavy atom. The van der Waals surface area contributed by atoms with E-state index in [1.54, 1.807) is 0 Å². The van der Waals surface area contributed by atoms with Gasteiger partial charge >= 0.3 is 0 Å². The molecule has 130 valence electrons. The summed E-state index contributed by atoms with van der Waals surface area (Å²) in [5.74, 6) is 0.225. The maximum Gasteiger partial charge on any atom is 0.273 e. The summed E-state index contributed by atoms with van der Waals surface area (Å²) in [7, 11) is -3.78. The molecule has 0 bridgehead atoms. The Balaban J connectivity index is 0.00000264. The molecule has 1 saturated heterocycles. The third-order valence-electron chi connectivity index (χ3n) is 4.12. The van der Waals surface area contributed by atoms with Crippen molar-refractivity contribution in [2.24, 2.45) is 5.92 Å². The van der Waals surface area contributed by atoms with E-state index in [1.807, 2.05) is 6.92 Å². The topological polar surface area (TPSA) is 101 Å². The molecule has 9 heteroatoms. The smallest absolute Gasteiger partial charge is 0.273 e. The number of piperidine rings is 1. The van der Waals surface area contributed by atoms with Gasteiger partial charge in [0.15, 0.2) is 0 Å². The fraction of sp³-hybridized carbons (Fsp3) is 0.571. The standard InChI is InChI=1S/C14H21N3O4S.ClH/c1-10-13(17(18)19)6-3-7-14(10)22(20,21)16-11(2)12-5-4-8-15-9-12;/h3,6-7,11-12,15-16H,4-5,8-9H2,1-2H3;1H. The van der Waals surface area contributed by atoms with Crippen molar-refractivity contribution in [2.45, 2.75) is 37.6 Å². The highest BCUT2D eigenvalue weighted by molar-refractivity contribution is 7.89. The lowest BCUT2D eigenvalue weighted by Crippen LogP contribution is -2.44. The van der Waals surface area contributed by atoms with Crippen LogP contribution in [0.25, 0.3) is 0 Å². The lowest BCUT2D eigenvalue weighted by Gasteiger charge is -2.28. The number of nitrogens with one attached hydrogen (secondary N) is 2. The molecule has 0 radical (unpaired) electrons. The SMILES string of the molecule is Cc1c([N+](=O)[O-])cccc1S(=O)(=O)NC(C)C1CCCNC1.Cl. The molecule has 1 fully saturated rings. The number of nitro benzene ring substituents is 1. The molecular formula is C14H22ClN3O4S. The quantitative estimate of drug-likeness (QED) is 0.615. The van der Waals surface area contributed by atoms with Crippen molar-refractivity contribution < 1.29 is 13.3 Å². The number of hydrogen-bond acceptors (Lipinski definition) is 5. The molecule has 2 N–H and O–H groups in total. The molecule has 1 aliphatic heterocycles. The van der Waals surface area contributed by atoms with Crippen LogP contribution in [0.4, 0.5) is 5.69 Å². The number of nitrogens with zero attached hydrogens (tertiary/aromatic N) is 1. The number of sulfonamides is 1. The molecule has 7 nitrogen and oxygen atoms in total. The number of halogens is 1. The number of rotatable bonds is 5. The Morgan fingerprint density at radius 1 is 1.43 bits per heavy atom. The van der Waals surface area contributed by atoms with Gasteiger partial charge in [-0.1, -0.05) is 6.07 Å². The first kappa shape index (κ1) is 19.8. The highest BCUT2D eigenvalue weighted by Gasteiger charge is 2.28. The summed E-state index contributed by atoms with van der Waals surface area (Å²) >= 11 is 0. The maximum atomic E-state index is 12.5. The zero-order valence-corrected chi connectivity index (χ0v) is 14.7. The predicted molar refractivity (Wildman–Crippen MR) is 90.5 cm³/mol. The second-order valence-corrected chi connectivity index (χ2v) is 7.36. The Labute approximate surface area is 142 Å². The highest BCUT2D eigenvalue weighted by atomic mass is 35.5. The van der Waals surface area contributed by atoms with E-state index in [2.05, 4.69) is 10.0 Å². The third kappa shape index (κ3) is 4.63. The summed E-state index contributed by atoms with van der Waals surface area (Å²) in [4.78, 5) is 10.4. The molecule has 0 saturated carbocycles. The van der Waals surface area contributed by atoms with Crippen molar-refractivity contribution in [3.63, 3.8) is 0 Å². The zero-order valence-electron chi connectivity index (χ0n) is 13.1. The minimum atomic E-state index is -3.78. The van der Waals surface area contributed by atoms with Gasteiger partial charge < -0.3 is 5.32 Å². The second-order valence-electron chi connectivity index (χ2n) is 5.67. The van der Waals surface area contributed by atoms with Crippen LogP contribution in [0.15, 0.2) is 23.1 Å². The van der Waals surface area contributed by atoms with Crippen LogP contribution in [0, 0.1) is 23.0 Å². The third-order valence-corrected chi connectivity index (χ3v) is 5.83. The minimum absolute atomic E-state index is 0. The second kappa shape index (κ2) is 8.05. The van der Waals surface area contributed by atoms with Gasteiger partial charge in [0.25, 0.3) is 5.69 Å². The van der Waals surface area contributed by atoms with E-state index < -0.39 is 14.9 Å². The summed E-state index contributed by atoms with van der Waals surface area (Å²) in [5, 5.41) is 14.2. The average Bonchev–Trinajstić information content (AvgIpc) is 2.47. The normalized spacial score (nSPS) is 19.7. The molecule has 2 atom stereocenters. The van der Waals surface area contributed by atoms with Crippen LogP contribution in [0.3, 0.4) is 0 Å². The molecular weight excluding hydrogens is 342 g/mol. The Hall–Kier alpha value is -1.22. The van der Waals surface area contributed by atoms with Crippen molar-refractivity contribution in [1.29, 1.82) is 0 Å². The van der Waals surface area contributed by atoms with E-state index in [9.17, 15) is 18.5 Å². The van der Waals surface area contributed by atoms with Gasteiger partial charge in [0.1, 0.15) is 0 Å². The average molecular weight is 364 g/mol. The molecule has 1 aromatic carbocycles. The Bertz CT molecular complexity index is 660. The van der Waals surface area contributed by atoms with E-state index in [1.165, 1.54) is 25.1 Å². The van der Waals surface area contributed by atoms with Crippen molar-refractivity contribution in [2.75, 3.05) is 13.1 Å². The molecule has 0 amide bonds. The lowest BCUT2D eigenvalue weighted by atomic mass is 9.94. The van der Waals surface area contributed by atoms with Gasteiger partial charge in [0.05, 0.1) is 9.82 Å². The summed E-state index contributed by atoms with van der Waals surface area (Å²) < 4.78 is 27.7. The van der Waals surface area contributed by atoms with Crippen LogP contribution in [0.2, 0.25) is 0 Å². The van der Waals surface area contributed by atoms with Gasteiger partial charge in [0.2, 0.25) is 10.0 Å². The van der Waals surface area contributed by atoms with Crippen molar-refractivity contribution >= 4 is 28.1 Å². The first-order valence-electron chi connectivity index (χ1n) is 7.30. The van der Waals surface area contributed by atoms with Gasteiger partial charge in [-0.25, -0.2) is 13.1 Å². The molecule has 0 aliphatic carbocycles. The van der Waals surface area contributed by atoms with Gasteiger partial charge in [-0.15, -0.1) is 12.4 Å². The van der Waals surface area contributed by atoms with Crippen LogP contribution in [0.5, 0.6) is 0 Å². The first-order chi connectivity index (χ1) is 10.3. The monoisotopic (exact) mass is 363 g/mol. The highest BCUT2D eigenvalue weighted by Crippen LogP contribution is 2.25. The maximum absolute atomic E-state index is 12.5. The molecule has 0 spiro atoms. The molecule has 2 unspecified atom stereocenters. The van der Waals surface area contributed by atoms with Gasteiger partial charge in [-0.2, -0.15) is 0 Å². The summed E-state index contributed by atoms with van der Waals surface area (Å²) in [6, 6.07) is 3.88. The molecule has 0 aromatic heterocycles. The Kier molecular flexibility index (Phi) is 6.94. The number of benzene rings is 1. The molecule has 2 rings (SSSR count). The van der Waals surface area contributed by atoms with Crippen molar-refractivity contribution in [1.82, 2.24) is 10.0 Å². The summed E-state index contributed by atoms with van der Waals surface area (Å²) in [6.45, 7) is 5.03. The van der Waals surface area contributed by atoms with Gasteiger partial charge in [-0.05, 0) is 51.8 Å². The van der Waals surface area contributed by atoms with Gasteiger partial charge in [0, 0.05) is 17.7 Å². The van der Waals surface area contributed by atoms with Crippen molar-refractivity contribution in [3.05, 3.63) is 33.9 Å². The van der Waals surface area contributed by atoms with E-state index in [0.717, 1.165) is 25.9 Å². The van der Waals surface area contributed by atoms with E-state index in [-0.39, 0.29) is 40.5 Å². The zero-order chi connectivity index (χ0) is 16.3. The fourth-order valence-electron chi connectivity index (χ4n) is 2.80. The Morgan fingerprint density at radius 3 is 2.70 bits per heavy atom. The predicted octanol–water partition coefficient (Wildman–Crippen LogP) is 1.99. The van der Waals surface area contributed by atoms with Crippen LogP contribution >= 0.6 is 12.4 Å². The molecule has 1 aromatic rings. The lowest BCUT2D eigenvalue weighted by molar-refractivity contribution is -0.385. The fourth-order valence-corrected chi connectivity index (χ4v) is 4.38. The molecule has 1 aliphatic rings. The molecule has 23 heavy (non-hydrogen) atoms. The summed E-state index contributed by atoms with van der Waals surface area (Å²) in [5.41, 5.74) is -0.0242. The van der Waals surface area contributed by atoms with E-state index in [0.29, 0.717) is 0 Å². The first-order valence-corrected chi connectivity index (χ1v) is 8.78. The van der Waals surface area contributed by atoms with Crippen LogP contribution in [-0.4, -0.2) is 32.5 Å².